The molecule has 6 heteroatoms. The van der Waals surface area contributed by atoms with E-state index in [1.807, 2.05) is 52.0 Å². The predicted octanol–water partition coefficient (Wildman–Crippen LogP) is 8.24. The average Bonchev–Trinajstić information content (AvgIpc) is 2.97. The maximum Gasteiger partial charge on any atom is 0.227 e. The number of benzene rings is 2. The van der Waals surface area contributed by atoms with Gasteiger partial charge in [-0.25, -0.2) is 0 Å². The second kappa shape index (κ2) is 16.5. The molecule has 1 aliphatic rings. The zero-order valence-electron chi connectivity index (χ0n) is 26.7. The molecule has 2 N–H and O–H groups in total. The van der Waals surface area contributed by atoms with Crippen LogP contribution in [0.2, 0.25) is 0 Å². The third-order valence-electron chi connectivity index (χ3n) is 8.53. The molecule has 1 fully saturated rings. The molecule has 1 atom stereocenters. The van der Waals surface area contributed by atoms with E-state index in [-0.39, 0.29) is 24.2 Å². The molecule has 0 radical (unpaired) electrons. The van der Waals surface area contributed by atoms with Gasteiger partial charge in [0.25, 0.3) is 0 Å². The Bertz CT molecular complexity index is 1140. The van der Waals surface area contributed by atoms with Crippen molar-refractivity contribution in [2.45, 2.75) is 112 Å². The molecule has 1 saturated carbocycles. The van der Waals surface area contributed by atoms with Crippen LogP contribution in [0.3, 0.4) is 0 Å². The first-order valence-electron chi connectivity index (χ1n) is 15.5. The summed E-state index contributed by atoms with van der Waals surface area (Å²) in [6.45, 7) is 14.1. The van der Waals surface area contributed by atoms with E-state index in [4.69, 9.17) is 9.47 Å². The Hall–Kier alpha value is -2.86. The van der Waals surface area contributed by atoms with Gasteiger partial charge < -0.3 is 19.9 Å². The highest BCUT2D eigenvalue weighted by atomic mass is 16.5. The number of hydrogen-bond donors (Lipinski definition) is 2. The summed E-state index contributed by atoms with van der Waals surface area (Å²) in [5.74, 6) is 2.68. The van der Waals surface area contributed by atoms with Gasteiger partial charge in [-0.05, 0) is 107 Å². The van der Waals surface area contributed by atoms with Crippen molar-refractivity contribution >= 4 is 17.4 Å². The van der Waals surface area contributed by atoms with Gasteiger partial charge in [0.1, 0.15) is 18.1 Å². The molecule has 0 heterocycles. The van der Waals surface area contributed by atoms with Crippen LogP contribution in [0.15, 0.2) is 30.3 Å². The highest BCUT2D eigenvalue weighted by Gasteiger charge is 2.26. The number of amides is 1. The molecule has 1 aliphatic carbocycles. The van der Waals surface area contributed by atoms with E-state index >= 15 is 0 Å². The molecule has 228 valence electrons. The number of rotatable bonds is 12. The van der Waals surface area contributed by atoms with Gasteiger partial charge in [0.15, 0.2) is 5.78 Å². The molecule has 2 aromatic carbocycles. The van der Waals surface area contributed by atoms with Crippen molar-refractivity contribution in [2.24, 2.45) is 11.8 Å². The van der Waals surface area contributed by atoms with Gasteiger partial charge >= 0.3 is 0 Å². The molecule has 0 saturated heterocycles. The Morgan fingerprint density at radius 2 is 1.68 bits per heavy atom. The lowest BCUT2D eigenvalue weighted by Crippen LogP contribution is -2.35. The highest BCUT2D eigenvalue weighted by Crippen LogP contribution is 2.32. The predicted molar refractivity (Wildman–Crippen MR) is 168 cm³/mol. The number of methoxy groups -OCH3 is 1. The van der Waals surface area contributed by atoms with E-state index in [9.17, 15) is 14.7 Å². The quantitative estimate of drug-likeness (QED) is 0.252. The normalized spacial score (nSPS) is 18.0. The molecule has 0 bridgehead atoms. The summed E-state index contributed by atoms with van der Waals surface area (Å²) in [7, 11) is 1.65. The van der Waals surface area contributed by atoms with Crippen molar-refractivity contribution < 1.29 is 24.2 Å². The van der Waals surface area contributed by atoms with Crippen LogP contribution in [-0.2, 0) is 11.2 Å². The number of Topliss-reactive ketones (excluding diaryl/α,β-unsaturated/α-hetero) is 1. The lowest BCUT2D eigenvalue weighted by Gasteiger charge is -2.27. The second-order valence-electron chi connectivity index (χ2n) is 11.6. The van der Waals surface area contributed by atoms with Gasteiger partial charge in [0, 0.05) is 23.2 Å². The summed E-state index contributed by atoms with van der Waals surface area (Å²) in [6.07, 6.45) is 8.78. The number of nitrogens with one attached hydrogen (secondary N) is 1. The van der Waals surface area contributed by atoms with Crippen molar-refractivity contribution in [1.29, 1.82) is 0 Å². The minimum Gasteiger partial charge on any atom is -0.496 e. The van der Waals surface area contributed by atoms with E-state index in [1.165, 1.54) is 19.3 Å². The average molecular weight is 568 g/mol. The SMILES string of the molecule is CCC1CCC(C(=O)Nc2ccc(C)c(OC)c2)CC1.CCCC(O)(CC)COc1cc(C)c(CC)c(C(C)=O)c1. The van der Waals surface area contributed by atoms with Crippen molar-refractivity contribution in [2.75, 3.05) is 19.0 Å². The third-order valence-corrected chi connectivity index (χ3v) is 8.53. The fourth-order valence-electron chi connectivity index (χ4n) is 5.66. The molecule has 6 nitrogen and oxygen atoms in total. The molecule has 0 spiro atoms. The lowest BCUT2D eigenvalue weighted by atomic mass is 9.80. The van der Waals surface area contributed by atoms with Crippen molar-refractivity contribution in [1.82, 2.24) is 0 Å². The fraction of sp³-hybridized carbons (Fsp3) is 0.600. The number of carbonyl (C=O) groups is 2. The lowest BCUT2D eigenvalue weighted by molar-refractivity contribution is -0.121. The Morgan fingerprint density at radius 1 is 1.00 bits per heavy atom. The van der Waals surface area contributed by atoms with Crippen molar-refractivity contribution in [3.05, 3.63) is 52.6 Å². The monoisotopic (exact) mass is 567 g/mol. The molecule has 0 aliphatic heterocycles. The van der Waals surface area contributed by atoms with Crippen LogP contribution >= 0.6 is 0 Å². The number of anilines is 1. The topological polar surface area (TPSA) is 84.9 Å². The molecule has 3 rings (SSSR count). The zero-order valence-corrected chi connectivity index (χ0v) is 26.7. The second-order valence-corrected chi connectivity index (χ2v) is 11.6. The van der Waals surface area contributed by atoms with E-state index in [1.54, 1.807) is 20.1 Å². The minimum atomic E-state index is -0.789. The van der Waals surface area contributed by atoms with Crippen LogP contribution in [0, 0.1) is 25.7 Å². The zero-order chi connectivity index (χ0) is 30.6. The van der Waals surface area contributed by atoms with E-state index < -0.39 is 5.60 Å². The van der Waals surface area contributed by atoms with Gasteiger partial charge in [-0.3, -0.25) is 9.59 Å². The van der Waals surface area contributed by atoms with Gasteiger partial charge in [-0.15, -0.1) is 0 Å². The largest absolute Gasteiger partial charge is 0.496 e. The highest BCUT2D eigenvalue weighted by molar-refractivity contribution is 5.96. The molecule has 0 aromatic heterocycles. The van der Waals surface area contributed by atoms with Crippen LogP contribution in [-0.4, -0.2) is 36.1 Å². The van der Waals surface area contributed by atoms with Crippen molar-refractivity contribution in [3.8, 4) is 11.5 Å². The van der Waals surface area contributed by atoms with Crippen molar-refractivity contribution in [3.63, 3.8) is 0 Å². The molecule has 2 aromatic rings. The number of ether oxygens (including phenoxy) is 2. The summed E-state index contributed by atoms with van der Waals surface area (Å²) in [4.78, 5) is 24.1. The first-order chi connectivity index (χ1) is 19.5. The van der Waals surface area contributed by atoms with E-state index in [0.29, 0.717) is 12.2 Å². The minimum absolute atomic E-state index is 0.0553. The molecule has 1 amide bonds. The Kier molecular flexibility index (Phi) is 13.9. The third kappa shape index (κ3) is 10.2. The summed E-state index contributed by atoms with van der Waals surface area (Å²) >= 11 is 0. The smallest absolute Gasteiger partial charge is 0.227 e. The molecule has 1 unspecified atom stereocenters. The van der Waals surface area contributed by atoms with E-state index in [2.05, 4.69) is 19.2 Å². The first kappa shape index (κ1) is 34.3. The van der Waals surface area contributed by atoms with Gasteiger partial charge in [-0.2, -0.15) is 0 Å². The fourth-order valence-corrected chi connectivity index (χ4v) is 5.66. The molecular weight excluding hydrogens is 514 g/mol. The Labute approximate surface area is 248 Å². The van der Waals surface area contributed by atoms with Crippen LogP contribution in [0.4, 0.5) is 5.69 Å². The number of ketones is 1. The summed E-state index contributed by atoms with van der Waals surface area (Å²) in [5, 5.41) is 13.5. The van der Waals surface area contributed by atoms with Crippen LogP contribution < -0.4 is 14.8 Å². The van der Waals surface area contributed by atoms with Gasteiger partial charge in [-0.1, -0.05) is 46.6 Å². The van der Waals surface area contributed by atoms with Gasteiger partial charge in [0.05, 0.1) is 12.7 Å². The van der Waals surface area contributed by atoms with Crippen LogP contribution in [0.1, 0.15) is 113 Å². The standard InChI is InChI=1S/C18H28O3.C17H25NO2/c1-6-9-18(20,8-3)12-21-15-10-13(4)16(7-2)17(11-15)14(5)19;1-4-13-6-8-14(9-7-13)17(19)18-15-10-5-12(2)16(11-15)20-3/h10-11,20H,6-9,12H2,1-5H3;5,10-11,13-14H,4,6-9H2,1-3H3,(H,18,19). The van der Waals surface area contributed by atoms with Crippen LogP contribution in [0.25, 0.3) is 0 Å². The molecular formula is C35H53NO5. The van der Waals surface area contributed by atoms with E-state index in [0.717, 1.165) is 71.7 Å². The maximum absolute atomic E-state index is 12.3. The number of carbonyl (C=O) groups excluding carboxylic acids is 2. The Morgan fingerprint density at radius 3 is 2.22 bits per heavy atom. The summed E-state index contributed by atoms with van der Waals surface area (Å²) in [6, 6.07) is 9.56. The number of hydrogen-bond acceptors (Lipinski definition) is 5. The first-order valence-corrected chi connectivity index (χ1v) is 15.5. The Balaban J connectivity index is 0.000000287. The number of aliphatic hydroxyl groups is 1. The summed E-state index contributed by atoms with van der Waals surface area (Å²) in [5.41, 5.74) is 3.99. The maximum atomic E-state index is 12.3. The van der Waals surface area contributed by atoms with Gasteiger partial charge in [0.2, 0.25) is 5.91 Å². The molecule has 41 heavy (non-hydrogen) atoms. The summed E-state index contributed by atoms with van der Waals surface area (Å²) < 4.78 is 11.1. The van der Waals surface area contributed by atoms with Crippen LogP contribution in [0.5, 0.6) is 11.5 Å². The number of aryl methyl sites for hydroxylation is 2.